The Kier molecular flexibility index (Phi) is 2.21. The van der Waals surface area contributed by atoms with Crippen LogP contribution in [0.4, 0.5) is 0 Å². The van der Waals surface area contributed by atoms with Crippen molar-refractivity contribution in [2.24, 2.45) is 0 Å². The van der Waals surface area contributed by atoms with Crippen molar-refractivity contribution in [3.63, 3.8) is 0 Å². The van der Waals surface area contributed by atoms with Crippen LogP contribution in [-0.4, -0.2) is 20.9 Å². The first-order chi connectivity index (χ1) is 8.27. The normalized spacial score (nSPS) is 18.0. The maximum atomic E-state index is 11.2. The van der Waals surface area contributed by atoms with Gasteiger partial charge in [0.25, 0.3) is 0 Å². The van der Waals surface area contributed by atoms with Crippen LogP contribution in [0.25, 0.3) is 5.69 Å². The number of fused-ring (bicyclic) bond motifs is 1. The fourth-order valence-corrected chi connectivity index (χ4v) is 2.41. The Balaban J connectivity index is 2.12. The van der Waals surface area contributed by atoms with Gasteiger partial charge in [-0.05, 0) is 30.5 Å². The average molecular weight is 228 g/mol. The molecule has 1 atom stereocenters. The van der Waals surface area contributed by atoms with Gasteiger partial charge in [0, 0.05) is 0 Å². The highest BCUT2D eigenvalue weighted by molar-refractivity contribution is 5.77. The number of carboxylic acids is 1. The van der Waals surface area contributed by atoms with Crippen LogP contribution in [0, 0.1) is 0 Å². The highest BCUT2D eigenvalue weighted by atomic mass is 16.4. The number of hydrogen-bond donors (Lipinski definition) is 1. The van der Waals surface area contributed by atoms with Gasteiger partial charge in [-0.3, -0.25) is 4.79 Å². The van der Waals surface area contributed by atoms with Gasteiger partial charge in [-0.1, -0.05) is 18.2 Å². The summed E-state index contributed by atoms with van der Waals surface area (Å²) in [7, 11) is 0. The molecule has 1 aliphatic rings. The van der Waals surface area contributed by atoms with E-state index in [1.54, 1.807) is 10.9 Å². The molecule has 1 heterocycles. The van der Waals surface area contributed by atoms with Crippen LogP contribution in [0.1, 0.15) is 23.6 Å². The second-order valence-corrected chi connectivity index (χ2v) is 4.23. The molecular formula is C13H12N2O2. The summed E-state index contributed by atoms with van der Waals surface area (Å²) in [6.45, 7) is 0. The lowest BCUT2D eigenvalue weighted by molar-refractivity contribution is -0.138. The Morgan fingerprint density at radius 1 is 1.35 bits per heavy atom. The molecule has 4 heteroatoms. The molecule has 0 aliphatic heterocycles. The monoisotopic (exact) mass is 228 g/mol. The molecule has 0 saturated carbocycles. The summed E-state index contributed by atoms with van der Waals surface area (Å²) >= 11 is 0. The van der Waals surface area contributed by atoms with Crippen LogP contribution in [0.2, 0.25) is 0 Å². The van der Waals surface area contributed by atoms with Gasteiger partial charge in [0.1, 0.15) is 0 Å². The minimum Gasteiger partial charge on any atom is -0.481 e. The lowest BCUT2D eigenvalue weighted by atomic mass is 10.1. The maximum absolute atomic E-state index is 11.2. The molecule has 3 rings (SSSR count). The molecule has 1 aromatic heterocycles. The van der Waals surface area contributed by atoms with Crippen molar-refractivity contribution in [2.45, 2.75) is 18.8 Å². The minimum absolute atomic E-state index is 0.423. The molecule has 0 radical (unpaired) electrons. The summed E-state index contributed by atoms with van der Waals surface area (Å²) in [5.41, 5.74) is 2.81. The predicted octanol–water partition coefficient (Wildman–Crippen LogP) is 1.99. The van der Waals surface area contributed by atoms with Crippen LogP contribution < -0.4 is 0 Å². The van der Waals surface area contributed by atoms with Crippen LogP contribution in [0.3, 0.4) is 0 Å². The van der Waals surface area contributed by atoms with Crippen molar-refractivity contribution in [1.82, 2.24) is 9.78 Å². The molecular weight excluding hydrogens is 216 g/mol. The standard InChI is InChI=1S/C13H12N2O2/c16-13(17)11-7-6-9-8-14-15(12(9)11)10-4-2-1-3-5-10/h1-5,8,11H,6-7H2,(H,16,17)/t11-/m0/s1. The van der Waals surface area contributed by atoms with E-state index in [4.69, 9.17) is 0 Å². The van der Waals surface area contributed by atoms with Crippen molar-refractivity contribution >= 4 is 5.97 Å². The third-order valence-electron chi connectivity index (χ3n) is 3.22. The van der Waals surface area contributed by atoms with E-state index in [0.717, 1.165) is 23.4 Å². The Labute approximate surface area is 98.5 Å². The lowest BCUT2D eigenvalue weighted by Crippen LogP contribution is -2.13. The smallest absolute Gasteiger partial charge is 0.312 e. The first kappa shape index (κ1) is 10.1. The van der Waals surface area contributed by atoms with Gasteiger partial charge in [0.05, 0.1) is 23.5 Å². The van der Waals surface area contributed by atoms with Gasteiger partial charge >= 0.3 is 5.97 Å². The number of aliphatic carboxylic acids is 1. The van der Waals surface area contributed by atoms with Crippen molar-refractivity contribution < 1.29 is 9.90 Å². The molecule has 86 valence electrons. The number of para-hydroxylation sites is 1. The second kappa shape index (κ2) is 3.73. The summed E-state index contributed by atoms with van der Waals surface area (Å²) in [5, 5.41) is 13.5. The largest absolute Gasteiger partial charge is 0.481 e. The molecule has 1 aromatic carbocycles. The van der Waals surface area contributed by atoms with Crippen LogP contribution in [0.5, 0.6) is 0 Å². The molecule has 4 nitrogen and oxygen atoms in total. The first-order valence-electron chi connectivity index (χ1n) is 5.62. The van der Waals surface area contributed by atoms with E-state index in [1.165, 1.54) is 0 Å². The SMILES string of the molecule is O=C(O)[C@H]1CCc2cnn(-c3ccccc3)c21. The summed E-state index contributed by atoms with van der Waals surface area (Å²) in [5.74, 6) is -1.19. The Morgan fingerprint density at radius 3 is 2.82 bits per heavy atom. The number of nitrogens with zero attached hydrogens (tertiary/aromatic N) is 2. The number of carbonyl (C=O) groups is 1. The molecule has 0 bridgehead atoms. The zero-order valence-electron chi connectivity index (χ0n) is 9.21. The van der Waals surface area contributed by atoms with E-state index in [-0.39, 0.29) is 0 Å². The molecule has 0 unspecified atom stereocenters. The van der Waals surface area contributed by atoms with Crippen LogP contribution >= 0.6 is 0 Å². The number of benzene rings is 1. The van der Waals surface area contributed by atoms with Crippen molar-refractivity contribution in [2.75, 3.05) is 0 Å². The topological polar surface area (TPSA) is 55.1 Å². The van der Waals surface area contributed by atoms with Crippen molar-refractivity contribution in [3.05, 3.63) is 47.8 Å². The van der Waals surface area contributed by atoms with E-state index in [2.05, 4.69) is 5.10 Å². The first-order valence-corrected chi connectivity index (χ1v) is 5.62. The van der Waals surface area contributed by atoms with Gasteiger partial charge in [-0.15, -0.1) is 0 Å². The quantitative estimate of drug-likeness (QED) is 0.855. The van der Waals surface area contributed by atoms with E-state index < -0.39 is 11.9 Å². The summed E-state index contributed by atoms with van der Waals surface area (Å²) in [6.07, 6.45) is 3.26. The second-order valence-electron chi connectivity index (χ2n) is 4.23. The Bertz CT molecular complexity index is 560. The third-order valence-corrected chi connectivity index (χ3v) is 3.22. The summed E-state index contributed by atoms with van der Waals surface area (Å²) in [4.78, 5) is 11.2. The highest BCUT2D eigenvalue weighted by Crippen LogP contribution is 2.34. The predicted molar refractivity (Wildman–Crippen MR) is 62.3 cm³/mol. The summed E-state index contributed by atoms with van der Waals surface area (Å²) in [6, 6.07) is 9.65. The molecule has 0 spiro atoms. The molecule has 17 heavy (non-hydrogen) atoms. The Morgan fingerprint density at radius 2 is 2.12 bits per heavy atom. The molecule has 2 aromatic rings. The molecule has 1 N–H and O–H groups in total. The van der Waals surface area contributed by atoms with Crippen molar-refractivity contribution in [1.29, 1.82) is 0 Å². The molecule has 1 aliphatic carbocycles. The van der Waals surface area contributed by atoms with E-state index >= 15 is 0 Å². The number of carboxylic acid groups (broad SMARTS) is 1. The number of aryl methyl sites for hydroxylation is 1. The molecule has 0 amide bonds. The number of rotatable bonds is 2. The van der Waals surface area contributed by atoms with E-state index in [0.29, 0.717) is 6.42 Å². The van der Waals surface area contributed by atoms with Crippen LogP contribution in [0.15, 0.2) is 36.5 Å². The van der Waals surface area contributed by atoms with E-state index in [1.807, 2.05) is 30.3 Å². The zero-order chi connectivity index (χ0) is 11.8. The Hall–Kier alpha value is -2.10. The van der Waals surface area contributed by atoms with Crippen molar-refractivity contribution in [3.8, 4) is 5.69 Å². The lowest BCUT2D eigenvalue weighted by Gasteiger charge is -2.10. The number of aromatic nitrogens is 2. The van der Waals surface area contributed by atoms with Gasteiger partial charge < -0.3 is 5.11 Å². The summed E-state index contributed by atoms with van der Waals surface area (Å²) < 4.78 is 1.75. The van der Waals surface area contributed by atoms with Gasteiger partial charge in [0.2, 0.25) is 0 Å². The average Bonchev–Trinajstić information content (AvgIpc) is 2.90. The molecule has 0 fully saturated rings. The minimum atomic E-state index is -0.763. The van der Waals surface area contributed by atoms with Gasteiger partial charge in [-0.2, -0.15) is 5.10 Å². The van der Waals surface area contributed by atoms with Crippen LogP contribution in [-0.2, 0) is 11.2 Å². The maximum Gasteiger partial charge on any atom is 0.312 e. The highest BCUT2D eigenvalue weighted by Gasteiger charge is 2.32. The fourth-order valence-electron chi connectivity index (χ4n) is 2.41. The number of hydrogen-bond acceptors (Lipinski definition) is 2. The third kappa shape index (κ3) is 1.53. The fraction of sp³-hybridized carbons (Fsp3) is 0.231. The van der Waals surface area contributed by atoms with E-state index in [9.17, 15) is 9.90 Å². The zero-order valence-corrected chi connectivity index (χ0v) is 9.21. The molecule has 0 saturated heterocycles. The van der Waals surface area contributed by atoms with Gasteiger partial charge in [0.15, 0.2) is 0 Å². The van der Waals surface area contributed by atoms with Gasteiger partial charge in [-0.25, -0.2) is 4.68 Å².